The molecule has 148 valence electrons. The molecule has 0 saturated carbocycles. The summed E-state index contributed by atoms with van der Waals surface area (Å²) in [6.45, 7) is 6.64. The molecule has 0 aromatic heterocycles. The number of benzene rings is 1. The summed E-state index contributed by atoms with van der Waals surface area (Å²) in [5.74, 6) is 1.75. The number of amides is 2. The lowest BCUT2D eigenvalue weighted by Gasteiger charge is -2.48. The molecule has 0 aliphatic carbocycles. The van der Waals surface area contributed by atoms with Gasteiger partial charge in [-0.2, -0.15) is 0 Å². The van der Waals surface area contributed by atoms with Crippen molar-refractivity contribution in [2.75, 3.05) is 32.5 Å². The molecule has 2 saturated heterocycles. The monoisotopic (exact) mass is 390 g/mol. The lowest BCUT2D eigenvalue weighted by atomic mass is 9.72. The van der Waals surface area contributed by atoms with Gasteiger partial charge < -0.3 is 14.5 Å². The second kappa shape index (κ2) is 8.55. The van der Waals surface area contributed by atoms with Crippen molar-refractivity contribution in [3.8, 4) is 5.75 Å². The zero-order chi connectivity index (χ0) is 19.4. The third-order valence-corrected chi connectivity index (χ3v) is 6.88. The van der Waals surface area contributed by atoms with Gasteiger partial charge in [0.2, 0.25) is 11.8 Å². The van der Waals surface area contributed by atoms with Crippen molar-refractivity contribution in [2.45, 2.75) is 50.5 Å². The first-order chi connectivity index (χ1) is 12.9. The third kappa shape index (κ3) is 4.78. The molecule has 0 atom stereocenters. The van der Waals surface area contributed by atoms with Gasteiger partial charge in [0.1, 0.15) is 5.75 Å². The van der Waals surface area contributed by atoms with Crippen LogP contribution in [0.1, 0.15) is 39.5 Å². The van der Waals surface area contributed by atoms with Crippen LogP contribution in [0.25, 0.3) is 0 Å². The molecule has 2 amide bonds. The first-order valence-corrected chi connectivity index (χ1v) is 10.8. The van der Waals surface area contributed by atoms with Crippen LogP contribution in [0.4, 0.5) is 0 Å². The van der Waals surface area contributed by atoms with Gasteiger partial charge in [0.15, 0.2) is 0 Å². The number of carbonyl (C=O) groups is 2. The topological polar surface area (TPSA) is 49.9 Å². The van der Waals surface area contributed by atoms with Crippen LogP contribution in [0.3, 0.4) is 0 Å². The standard InChI is InChI=1S/C21H30N2O3S/c1-16(2)23-15-21(8-7-19(23)24)9-11-22(12-10-21)20(25)14-27-18-6-4-5-17(13-18)26-3/h4-6,13,16H,7-12,14-15H2,1-3H3. The fraction of sp³-hybridized carbons (Fsp3) is 0.619. The SMILES string of the molecule is COc1cccc(SCC(=O)N2CCC3(CCC(=O)N(C(C)C)C3)CC2)c1. The van der Waals surface area contributed by atoms with E-state index in [0.717, 1.165) is 49.5 Å². The Hall–Kier alpha value is -1.69. The summed E-state index contributed by atoms with van der Waals surface area (Å²) < 4.78 is 5.24. The minimum Gasteiger partial charge on any atom is -0.497 e. The summed E-state index contributed by atoms with van der Waals surface area (Å²) in [5.41, 5.74) is 0.203. The van der Waals surface area contributed by atoms with Crippen molar-refractivity contribution in [3.05, 3.63) is 24.3 Å². The van der Waals surface area contributed by atoms with Crippen LogP contribution in [0, 0.1) is 5.41 Å². The number of hydrogen-bond acceptors (Lipinski definition) is 4. The Labute approximate surface area is 166 Å². The van der Waals surface area contributed by atoms with E-state index in [-0.39, 0.29) is 23.3 Å². The number of ether oxygens (including phenoxy) is 1. The molecule has 27 heavy (non-hydrogen) atoms. The number of hydrogen-bond donors (Lipinski definition) is 0. The largest absolute Gasteiger partial charge is 0.497 e. The first kappa shape index (κ1) is 20.1. The molecule has 1 aromatic rings. The average molecular weight is 391 g/mol. The number of thioether (sulfide) groups is 1. The Bertz CT molecular complexity index is 684. The Morgan fingerprint density at radius 1 is 1.26 bits per heavy atom. The van der Waals surface area contributed by atoms with Gasteiger partial charge in [0, 0.05) is 37.0 Å². The fourth-order valence-electron chi connectivity index (χ4n) is 4.08. The predicted molar refractivity (Wildman–Crippen MR) is 108 cm³/mol. The van der Waals surface area contributed by atoms with Crippen LogP contribution in [0.5, 0.6) is 5.75 Å². The molecule has 0 radical (unpaired) electrons. The fourth-order valence-corrected chi connectivity index (χ4v) is 4.93. The summed E-state index contributed by atoms with van der Waals surface area (Å²) in [4.78, 5) is 29.9. The molecular formula is C21H30N2O3S. The lowest BCUT2D eigenvalue weighted by Crippen LogP contribution is -2.54. The smallest absolute Gasteiger partial charge is 0.232 e. The lowest BCUT2D eigenvalue weighted by molar-refractivity contribution is -0.143. The Morgan fingerprint density at radius 2 is 2.00 bits per heavy atom. The van der Waals surface area contributed by atoms with Crippen molar-refractivity contribution in [3.63, 3.8) is 0 Å². The minimum absolute atomic E-state index is 0.199. The van der Waals surface area contributed by atoms with Crippen LogP contribution in [-0.4, -0.2) is 60.2 Å². The van der Waals surface area contributed by atoms with E-state index >= 15 is 0 Å². The molecular weight excluding hydrogens is 360 g/mol. The molecule has 3 rings (SSSR count). The second-order valence-corrected chi connectivity index (χ2v) is 9.01. The van der Waals surface area contributed by atoms with Crippen LogP contribution in [-0.2, 0) is 9.59 Å². The number of likely N-dealkylation sites (tertiary alicyclic amines) is 2. The Kier molecular flexibility index (Phi) is 6.35. The summed E-state index contributed by atoms with van der Waals surface area (Å²) in [6.07, 6.45) is 3.62. The van der Waals surface area contributed by atoms with E-state index in [9.17, 15) is 9.59 Å². The predicted octanol–water partition coefficient (Wildman–Crippen LogP) is 3.43. The van der Waals surface area contributed by atoms with E-state index in [1.54, 1.807) is 18.9 Å². The van der Waals surface area contributed by atoms with Gasteiger partial charge in [-0.05, 0) is 56.7 Å². The van der Waals surface area contributed by atoms with Gasteiger partial charge in [-0.25, -0.2) is 0 Å². The molecule has 2 aliphatic rings. The number of methoxy groups -OCH3 is 1. The maximum atomic E-state index is 12.6. The minimum atomic E-state index is 0.199. The van der Waals surface area contributed by atoms with Crippen molar-refractivity contribution < 1.29 is 14.3 Å². The van der Waals surface area contributed by atoms with E-state index in [2.05, 4.69) is 13.8 Å². The first-order valence-electron chi connectivity index (χ1n) is 9.76. The van der Waals surface area contributed by atoms with Gasteiger partial charge in [-0.15, -0.1) is 11.8 Å². The van der Waals surface area contributed by atoms with Crippen molar-refractivity contribution in [1.82, 2.24) is 9.80 Å². The maximum Gasteiger partial charge on any atom is 0.232 e. The highest BCUT2D eigenvalue weighted by molar-refractivity contribution is 8.00. The molecule has 2 heterocycles. The summed E-state index contributed by atoms with van der Waals surface area (Å²) in [5, 5.41) is 0. The van der Waals surface area contributed by atoms with Gasteiger partial charge in [-0.3, -0.25) is 9.59 Å². The van der Waals surface area contributed by atoms with E-state index in [1.807, 2.05) is 34.1 Å². The van der Waals surface area contributed by atoms with E-state index in [1.165, 1.54) is 0 Å². The second-order valence-electron chi connectivity index (χ2n) is 7.96. The molecule has 6 heteroatoms. The molecule has 2 fully saturated rings. The quantitative estimate of drug-likeness (QED) is 0.723. The van der Waals surface area contributed by atoms with E-state index in [4.69, 9.17) is 4.74 Å². The molecule has 1 aromatic carbocycles. The molecule has 1 spiro atoms. The third-order valence-electron chi connectivity index (χ3n) is 5.90. The van der Waals surface area contributed by atoms with Crippen LogP contribution in [0.2, 0.25) is 0 Å². The highest BCUT2D eigenvalue weighted by Crippen LogP contribution is 2.41. The zero-order valence-corrected chi connectivity index (χ0v) is 17.4. The molecule has 0 unspecified atom stereocenters. The van der Waals surface area contributed by atoms with E-state index < -0.39 is 0 Å². The van der Waals surface area contributed by atoms with Crippen LogP contribution < -0.4 is 4.74 Å². The summed E-state index contributed by atoms with van der Waals surface area (Å²) >= 11 is 1.56. The van der Waals surface area contributed by atoms with Crippen molar-refractivity contribution in [1.29, 1.82) is 0 Å². The van der Waals surface area contributed by atoms with Crippen LogP contribution >= 0.6 is 11.8 Å². The Balaban J connectivity index is 1.51. The van der Waals surface area contributed by atoms with Gasteiger partial charge in [0.05, 0.1) is 12.9 Å². The van der Waals surface area contributed by atoms with E-state index in [0.29, 0.717) is 12.2 Å². The molecule has 0 bridgehead atoms. The number of carbonyl (C=O) groups excluding carboxylic acids is 2. The summed E-state index contributed by atoms with van der Waals surface area (Å²) in [6, 6.07) is 8.08. The molecule has 5 nitrogen and oxygen atoms in total. The Morgan fingerprint density at radius 3 is 2.67 bits per heavy atom. The van der Waals surface area contributed by atoms with Gasteiger partial charge >= 0.3 is 0 Å². The number of rotatable bonds is 5. The molecule has 0 N–H and O–H groups in total. The van der Waals surface area contributed by atoms with Gasteiger partial charge in [-0.1, -0.05) is 6.07 Å². The average Bonchev–Trinajstić information content (AvgIpc) is 2.69. The zero-order valence-electron chi connectivity index (χ0n) is 16.6. The number of piperidine rings is 2. The number of nitrogens with zero attached hydrogens (tertiary/aromatic N) is 2. The summed E-state index contributed by atoms with van der Waals surface area (Å²) in [7, 11) is 1.65. The van der Waals surface area contributed by atoms with Crippen LogP contribution in [0.15, 0.2) is 29.2 Å². The normalized spacial score (nSPS) is 19.6. The molecule has 2 aliphatic heterocycles. The van der Waals surface area contributed by atoms with Crippen molar-refractivity contribution >= 4 is 23.6 Å². The van der Waals surface area contributed by atoms with Crippen molar-refractivity contribution in [2.24, 2.45) is 5.41 Å². The maximum absolute atomic E-state index is 12.6. The highest BCUT2D eigenvalue weighted by atomic mass is 32.2. The van der Waals surface area contributed by atoms with Gasteiger partial charge in [0.25, 0.3) is 0 Å². The highest BCUT2D eigenvalue weighted by Gasteiger charge is 2.42.